The van der Waals surface area contributed by atoms with Crippen LogP contribution < -0.4 is 5.32 Å². The van der Waals surface area contributed by atoms with Crippen LogP contribution in [0.5, 0.6) is 0 Å². The van der Waals surface area contributed by atoms with E-state index in [0.29, 0.717) is 0 Å². The van der Waals surface area contributed by atoms with Crippen molar-refractivity contribution in [2.45, 2.75) is 38.4 Å². The van der Waals surface area contributed by atoms with E-state index in [1.807, 2.05) is 62.4 Å². The lowest BCUT2D eigenvalue weighted by Gasteiger charge is -2.33. The molecule has 1 N–H and O–H groups in total. The molecule has 1 heterocycles. The molecule has 0 aliphatic carbocycles. The quantitative estimate of drug-likeness (QED) is 0.887. The van der Waals surface area contributed by atoms with Crippen molar-refractivity contribution in [3.05, 3.63) is 70.8 Å². The van der Waals surface area contributed by atoms with Gasteiger partial charge in [-0.2, -0.15) is 0 Å². The lowest BCUT2D eigenvalue weighted by molar-refractivity contribution is 0.163. The molecule has 2 aromatic carbocycles. The third kappa shape index (κ3) is 2.60. The van der Waals surface area contributed by atoms with E-state index in [9.17, 15) is 0 Å². The molecule has 1 saturated heterocycles. The Balaban J connectivity index is 2.09. The molecular weight excluding hydrogens is 261 g/mol. The molecule has 0 aromatic heterocycles. The van der Waals surface area contributed by atoms with Gasteiger partial charge in [-0.05, 0) is 44.4 Å². The van der Waals surface area contributed by atoms with Crippen LogP contribution in [0, 0.1) is 13.8 Å². The maximum atomic E-state index is 16.2. The normalized spacial score (nSPS) is 18.9. The first-order valence-electron chi connectivity index (χ1n) is 7.67. The topological polar surface area (TPSA) is 12.0 Å². The molecule has 1 aliphatic heterocycles. The molecule has 0 bridgehead atoms. The Morgan fingerprint density at radius 2 is 1.38 bits per heavy atom. The van der Waals surface area contributed by atoms with Crippen molar-refractivity contribution in [2.24, 2.45) is 0 Å². The van der Waals surface area contributed by atoms with Crippen LogP contribution in [0.25, 0.3) is 0 Å². The Kier molecular flexibility index (Phi) is 3.81. The number of hydrogen-bond acceptors (Lipinski definition) is 1. The van der Waals surface area contributed by atoms with Crippen molar-refractivity contribution >= 4 is 0 Å². The summed E-state index contributed by atoms with van der Waals surface area (Å²) in [4.78, 5) is 0. The van der Waals surface area contributed by atoms with Crippen LogP contribution >= 0.6 is 0 Å². The Labute approximate surface area is 126 Å². The van der Waals surface area contributed by atoms with Crippen molar-refractivity contribution in [3.8, 4) is 0 Å². The van der Waals surface area contributed by atoms with Crippen LogP contribution in [0.1, 0.15) is 35.1 Å². The summed E-state index contributed by atoms with van der Waals surface area (Å²) >= 11 is 0. The van der Waals surface area contributed by atoms with E-state index in [0.717, 1.165) is 41.6 Å². The first-order chi connectivity index (χ1) is 10.1. The van der Waals surface area contributed by atoms with Crippen LogP contribution in [0.3, 0.4) is 0 Å². The number of nitrogens with one attached hydrogen (secondary N) is 1. The molecule has 0 saturated carbocycles. The van der Waals surface area contributed by atoms with Crippen LogP contribution in [0.15, 0.2) is 48.5 Å². The van der Waals surface area contributed by atoms with Crippen LogP contribution in [0.2, 0.25) is 0 Å². The largest absolute Gasteiger partial charge is 0.310 e. The zero-order valence-electron chi connectivity index (χ0n) is 12.7. The fourth-order valence-corrected chi connectivity index (χ4v) is 3.19. The Bertz CT molecular complexity index is 549. The average molecular weight is 283 g/mol. The van der Waals surface area contributed by atoms with Gasteiger partial charge in [0.05, 0.1) is 0 Å². The predicted octanol–water partition coefficient (Wildman–Crippen LogP) is 4.27. The molecule has 110 valence electrons. The van der Waals surface area contributed by atoms with E-state index in [-0.39, 0.29) is 6.04 Å². The van der Waals surface area contributed by atoms with E-state index < -0.39 is 5.67 Å². The second kappa shape index (κ2) is 5.61. The van der Waals surface area contributed by atoms with Gasteiger partial charge in [0, 0.05) is 6.04 Å². The van der Waals surface area contributed by atoms with Crippen molar-refractivity contribution in [1.29, 1.82) is 0 Å². The van der Waals surface area contributed by atoms with Crippen molar-refractivity contribution in [3.63, 3.8) is 0 Å². The highest BCUT2D eigenvalue weighted by Crippen LogP contribution is 2.40. The standard InChI is InChI=1S/C19H22FN/c1-14-5-9-16(10-6-14)19(20,18-4-3-13-21-18)17-11-7-15(2)8-12-17/h5-12,18,21H,3-4,13H2,1-2H3. The molecule has 2 aromatic rings. The van der Waals surface area contributed by atoms with Gasteiger partial charge in [-0.25, -0.2) is 4.39 Å². The zero-order valence-corrected chi connectivity index (χ0v) is 12.7. The number of aryl methyl sites for hydroxylation is 2. The van der Waals surface area contributed by atoms with Gasteiger partial charge in [0.25, 0.3) is 0 Å². The first-order valence-corrected chi connectivity index (χ1v) is 7.67. The van der Waals surface area contributed by atoms with Crippen LogP contribution in [0.4, 0.5) is 4.39 Å². The second-order valence-electron chi connectivity index (χ2n) is 6.09. The molecular formula is C19H22FN. The number of alkyl halides is 1. The highest BCUT2D eigenvalue weighted by molar-refractivity contribution is 5.40. The van der Waals surface area contributed by atoms with Gasteiger partial charge in [-0.15, -0.1) is 0 Å². The number of halogens is 1. The van der Waals surface area contributed by atoms with E-state index in [2.05, 4.69) is 5.32 Å². The molecule has 2 heteroatoms. The maximum absolute atomic E-state index is 16.2. The first kappa shape index (κ1) is 14.3. The lowest BCUT2D eigenvalue weighted by atomic mass is 9.80. The average Bonchev–Trinajstić information content (AvgIpc) is 3.02. The van der Waals surface area contributed by atoms with Gasteiger partial charge in [-0.3, -0.25) is 0 Å². The summed E-state index contributed by atoms with van der Waals surface area (Å²) in [7, 11) is 0. The van der Waals surface area contributed by atoms with E-state index in [1.54, 1.807) is 0 Å². The van der Waals surface area contributed by atoms with Gasteiger partial charge >= 0.3 is 0 Å². The van der Waals surface area contributed by atoms with Crippen LogP contribution in [-0.2, 0) is 5.67 Å². The molecule has 21 heavy (non-hydrogen) atoms. The summed E-state index contributed by atoms with van der Waals surface area (Å²) < 4.78 is 16.2. The summed E-state index contributed by atoms with van der Waals surface area (Å²) in [6.45, 7) is 4.96. The fraction of sp³-hybridized carbons (Fsp3) is 0.368. The van der Waals surface area contributed by atoms with Crippen molar-refractivity contribution in [2.75, 3.05) is 6.54 Å². The maximum Gasteiger partial charge on any atom is 0.176 e. The van der Waals surface area contributed by atoms with E-state index >= 15 is 4.39 Å². The second-order valence-corrected chi connectivity index (χ2v) is 6.09. The van der Waals surface area contributed by atoms with Gasteiger partial charge in [0.1, 0.15) is 0 Å². The number of benzene rings is 2. The number of hydrogen-bond donors (Lipinski definition) is 1. The Morgan fingerprint density at radius 3 is 1.76 bits per heavy atom. The van der Waals surface area contributed by atoms with E-state index in [4.69, 9.17) is 0 Å². The summed E-state index contributed by atoms with van der Waals surface area (Å²) in [5, 5.41) is 3.35. The minimum absolute atomic E-state index is 0.150. The molecule has 3 rings (SSSR count). The molecule has 0 amide bonds. The minimum Gasteiger partial charge on any atom is -0.310 e. The fourth-order valence-electron chi connectivity index (χ4n) is 3.19. The molecule has 1 atom stereocenters. The minimum atomic E-state index is -1.46. The number of rotatable bonds is 3. The molecule has 0 radical (unpaired) electrons. The predicted molar refractivity (Wildman–Crippen MR) is 85.3 cm³/mol. The third-order valence-corrected chi connectivity index (χ3v) is 4.48. The molecule has 1 nitrogen and oxygen atoms in total. The molecule has 1 fully saturated rings. The monoisotopic (exact) mass is 283 g/mol. The summed E-state index contributed by atoms with van der Waals surface area (Å²) in [6, 6.07) is 15.5. The van der Waals surface area contributed by atoms with Gasteiger partial charge in [0.15, 0.2) is 5.67 Å². The third-order valence-electron chi connectivity index (χ3n) is 4.48. The summed E-state index contributed by atoms with van der Waals surface area (Å²) in [6.07, 6.45) is 1.91. The summed E-state index contributed by atoms with van der Waals surface area (Å²) in [5.41, 5.74) is 2.35. The van der Waals surface area contributed by atoms with Crippen molar-refractivity contribution < 1.29 is 4.39 Å². The summed E-state index contributed by atoms with van der Waals surface area (Å²) in [5.74, 6) is 0. The zero-order chi connectivity index (χ0) is 14.9. The van der Waals surface area contributed by atoms with Gasteiger partial charge in [-0.1, -0.05) is 59.7 Å². The molecule has 0 spiro atoms. The smallest absolute Gasteiger partial charge is 0.176 e. The highest BCUT2D eigenvalue weighted by atomic mass is 19.1. The Morgan fingerprint density at radius 1 is 0.905 bits per heavy atom. The molecule has 1 aliphatic rings. The SMILES string of the molecule is Cc1ccc(C(F)(c2ccc(C)cc2)C2CCCN2)cc1. The Hall–Kier alpha value is -1.67. The van der Waals surface area contributed by atoms with Gasteiger partial charge in [0.2, 0.25) is 0 Å². The molecule has 1 unspecified atom stereocenters. The van der Waals surface area contributed by atoms with Crippen molar-refractivity contribution in [1.82, 2.24) is 5.32 Å². The van der Waals surface area contributed by atoms with E-state index in [1.165, 1.54) is 0 Å². The lowest BCUT2D eigenvalue weighted by Crippen LogP contribution is -2.42. The van der Waals surface area contributed by atoms with Crippen LogP contribution in [-0.4, -0.2) is 12.6 Å². The highest BCUT2D eigenvalue weighted by Gasteiger charge is 2.43. The van der Waals surface area contributed by atoms with Gasteiger partial charge < -0.3 is 5.32 Å².